The van der Waals surface area contributed by atoms with Gasteiger partial charge in [0, 0.05) is 37.0 Å². The second-order valence-electron chi connectivity index (χ2n) is 9.59. The lowest BCUT2D eigenvalue weighted by atomic mass is 10.2. The predicted molar refractivity (Wildman–Crippen MR) is 119 cm³/mol. The van der Waals surface area contributed by atoms with Crippen LogP contribution >= 0.6 is 0 Å². The fourth-order valence-corrected chi connectivity index (χ4v) is 5.35. The number of aryl methyl sites for hydroxylation is 1. The molecule has 2 saturated heterocycles. The number of carbonyl (C=O) groups excluding carboxylic acids is 1. The largest absolute Gasteiger partial charge is 0.341 e. The number of amides is 1. The zero-order valence-corrected chi connectivity index (χ0v) is 18.1. The lowest BCUT2D eigenvalue weighted by Crippen LogP contribution is -2.45. The number of anilines is 3. The van der Waals surface area contributed by atoms with Crippen LogP contribution in [-0.2, 0) is 24.1 Å². The van der Waals surface area contributed by atoms with Crippen molar-refractivity contribution in [2.45, 2.75) is 70.3 Å². The first-order valence-corrected chi connectivity index (χ1v) is 12.0. The maximum Gasteiger partial charge on any atom is 0.245 e. The number of likely N-dealkylation sites (tertiary alicyclic amines) is 1. The third-order valence-corrected chi connectivity index (χ3v) is 7.22. The van der Waals surface area contributed by atoms with E-state index in [2.05, 4.69) is 26.5 Å². The number of hydrogen-bond donors (Lipinski definition) is 2. The van der Waals surface area contributed by atoms with Crippen LogP contribution in [0.4, 0.5) is 17.6 Å². The molecule has 8 nitrogen and oxygen atoms in total. The molecule has 2 aliphatic carbocycles. The Kier molecular flexibility index (Phi) is 4.80. The van der Waals surface area contributed by atoms with Gasteiger partial charge in [-0.3, -0.25) is 9.89 Å². The minimum atomic E-state index is -0.124. The Morgan fingerprint density at radius 2 is 1.94 bits per heavy atom. The van der Waals surface area contributed by atoms with Crippen LogP contribution in [0.25, 0.3) is 0 Å². The smallest absolute Gasteiger partial charge is 0.245 e. The summed E-state index contributed by atoms with van der Waals surface area (Å²) in [4.78, 5) is 27.2. The number of aromatic amines is 1. The Morgan fingerprint density at radius 1 is 1.06 bits per heavy atom. The molecule has 0 bridgehead atoms. The molecule has 2 aliphatic heterocycles. The van der Waals surface area contributed by atoms with Gasteiger partial charge in [-0.2, -0.15) is 10.1 Å². The highest BCUT2D eigenvalue weighted by Crippen LogP contribution is 2.34. The van der Waals surface area contributed by atoms with Crippen molar-refractivity contribution in [2.24, 2.45) is 5.92 Å². The first kappa shape index (κ1) is 19.1. The van der Waals surface area contributed by atoms with Crippen LogP contribution in [0.2, 0.25) is 0 Å². The molecule has 4 heterocycles. The second kappa shape index (κ2) is 7.80. The lowest BCUT2D eigenvalue weighted by Gasteiger charge is -2.28. The van der Waals surface area contributed by atoms with Gasteiger partial charge < -0.3 is 15.1 Å². The van der Waals surface area contributed by atoms with Crippen molar-refractivity contribution in [1.29, 1.82) is 0 Å². The van der Waals surface area contributed by atoms with Crippen molar-refractivity contribution in [3.05, 3.63) is 23.0 Å². The fraction of sp³-hybridized carbons (Fsp3) is 0.652. The van der Waals surface area contributed by atoms with Crippen molar-refractivity contribution in [3.8, 4) is 0 Å². The Morgan fingerprint density at radius 3 is 2.77 bits per heavy atom. The molecule has 1 amide bonds. The fourth-order valence-electron chi connectivity index (χ4n) is 5.35. The van der Waals surface area contributed by atoms with Gasteiger partial charge in [-0.1, -0.05) is 0 Å². The molecule has 2 N–H and O–H groups in total. The standard InChI is InChI=1S/C23H31N7O/c31-22(29-10-1-2-11-29)19-7-4-12-30(19)23-24-18-6-3-5-17(18)21(26-23)25-20-14-16(27-28-20)13-15-8-9-15/h14-15,19H,1-13H2,(H2,24,25,26,27,28). The maximum absolute atomic E-state index is 13.1. The quantitative estimate of drug-likeness (QED) is 0.745. The Hall–Kier alpha value is -2.64. The third-order valence-electron chi connectivity index (χ3n) is 7.22. The van der Waals surface area contributed by atoms with E-state index in [-0.39, 0.29) is 11.9 Å². The van der Waals surface area contributed by atoms with Crippen molar-refractivity contribution >= 4 is 23.5 Å². The molecule has 0 radical (unpaired) electrons. The first-order valence-electron chi connectivity index (χ1n) is 12.0. The van der Waals surface area contributed by atoms with Crippen LogP contribution in [-0.4, -0.2) is 56.6 Å². The van der Waals surface area contributed by atoms with Gasteiger partial charge in [0.05, 0.1) is 5.69 Å². The molecule has 1 saturated carbocycles. The topological polar surface area (TPSA) is 90.0 Å². The van der Waals surface area contributed by atoms with Crippen LogP contribution < -0.4 is 10.2 Å². The molecular weight excluding hydrogens is 390 g/mol. The summed E-state index contributed by atoms with van der Waals surface area (Å²) in [6.45, 7) is 2.63. The minimum Gasteiger partial charge on any atom is -0.341 e. The van der Waals surface area contributed by atoms with Crippen molar-refractivity contribution in [2.75, 3.05) is 29.9 Å². The van der Waals surface area contributed by atoms with E-state index in [0.717, 1.165) is 94.2 Å². The van der Waals surface area contributed by atoms with Gasteiger partial charge in [-0.25, -0.2) is 4.98 Å². The van der Waals surface area contributed by atoms with Crippen LogP contribution in [0, 0.1) is 5.92 Å². The molecule has 1 atom stereocenters. The number of fused-ring (bicyclic) bond motifs is 1. The summed E-state index contributed by atoms with van der Waals surface area (Å²) in [7, 11) is 0. The highest BCUT2D eigenvalue weighted by Gasteiger charge is 2.37. The molecule has 2 aromatic rings. The molecule has 0 spiro atoms. The van der Waals surface area contributed by atoms with Gasteiger partial charge >= 0.3 is 0 Å². The van der Waals surface area contributed by atoms with E-state index in [1.54, 1.807) is 0 Å². The molecule has 31 heavy (non-hydrogen) atoms. The number of hydrogen-bond acceptors (Lipinski definition) is 6. The van der Waals surface area contributed by atoms with Crippen molar-refractivity contribution < 1.29 is 4.79 Å². The zero-order chi connectivity index (χ0) is 20.8. The van der Waals surface area contributed by atoms with Crippen molar-refractivity contribution in [1.82, 2.24) is 25.1 Å². The van der Waals surface area contributed by atoms with Crippen LogP contribution in [0.1, 0.15) is 61.9 Å². The summed E-state index contributed by atoms with van der Waals surface area (Å²) in [5, 5.41) is 11.1. The SMILES string of the molecule is O=C(C1CCCN1c1nc2c(c(Nc3cc(CC4CC4)[nH]n3)n1)CCC2)N1CCCC1. The highest BCUT2D eigenvalue weighted by molar-refractivity contribution is 5.85. The molecule has 164 valence electrons. The summed E-state index contributed by atoms with van der Waals surface area (Å²) in [5.41, 5.74) is 3.52. The van der Waals surface area contributed by atoms with Crippen molar-refractivity contribution in [3.63, 3.8) is 0 Å². The van der Waals surface area contributed by atoms with Crippen LogP contribution in [0.15, 0.2) is 6.07 Å². The predicted octanol–water partition coefficient (Wildman–Crippen LogP) is 2.98. The van der Waals surface area contributed by atoms with E-state index in [0.29, 0.717) is 5.95 Å². The average Bonchev–Trinajstić information content (AvgIpc) is 3.31. The summed E-state index contributed by atoms with van der Waals surface area (Å²) < 4.78 is 0. The minimum absolute atomic E-state index is 0.124. The zero-order valence-electron chi connectivity index (χ0n) is 18.1. The number of nitrogens with zero attached hydrogens (tertiary/aromatic N) is 5. The molecular formula is C23H31N7O. The van der Waals surface area contributed by atoms with Gasteiger partial charge in [-0.05, 0) is 70.1 Å². The Labute approximate surface area is 182 Å². The summed E-state index contributed by atoms with van der Waals surface area (Å²) in [6, 6.07) is 1.98. The van der Waals surface area contributed by atoms with Crippen LogP contribution in [0.3, 0.4) is 0 Å². The van der Waals surface area contributed by atoms with Gasteiger partial charge in [0.15, 0.2) is 5.82 Å². The monoisotopic (exact) mass is 421 g/mol. The van der Waals surface area contributed by atoms with E-state index < -0.39 is 0 Å². The lowest BCUT2D eigenvalue weighted by molar-refractivity contribution is -0.131. The summed E-state index contributed by atoms with van der Waals surface area (Å²) >= 11 is 0. The number of aromatic nitrogens is 4. The average molecular weight is 422 g/mol. The van der Waals surface area contributed by atoms with E-state index in [9.17, 15) is 4.79 Å². The normalized spacial score (nSPS) is 22.9. The van der Waals surface area contributed by atoms with Crippen LogP contribution in [0.5, 0.6) is 0 Å². The molecule has 8 heteroatoms. The Bertz CT molecular complexity index is 976. The molecule has 3 fully saturated rings. The number of H-pyrrole nitrogens is 1. The molecule has 0 aromatic carbocycles. The second-order valence-corrected chi connectivity index (χ2v) is 9.59. The van der Waals surface area contributed by atoms with E-state index in [4.69, 9.17) is 9.97 Å². The molecule has 6 rings (SSSR count). The third kappa shape index (κ3) is 3.77. The highest BCUT2D eigenvalue weighted by atomic mass is 16.2. The van der Waals surface area contributed by atoms with Gasteiger partial charge in [0.2, 0.25) is 11.9 Å². The first-order chi connectivity index (χ1) is 15.2. The van der Waals surface area contributed by atoms with E-state index in [1.807, 2.05) is 4.90 Å². The summed E-state index contributed by atoms with van der Waals surface area (Å²) in [6.07, 6.45) is 11.0. The van der Waals surface area contributed by atoms with Gasteiger partial charge in [0.1, 0.15) is 11.9 Å². The number of carbonyl (C=O) groups is 1. The molecule has 1 unspecified atom stereocenters. The van der Waals surface area contributed by atoms with E-state index in [1.165, 1.54) is 24.1 Å². The summed E-state index contributed by atoms with van der Waals surface area (Å²) in [5.74, 6) is 3.46. The molecule has 4 aliphatic rings. The Balaban J connectivity index is 1.26. The van der Waals surface area contributed by atoms with Gasteiger partial charge in [-0.15, -0.1) is 0 Å². The maximum atomic E-state index is 13.1. The number of nitrogens with one attached hydrogen (secondary N) is 2. The van der Waals surface area contributed by atoms with E-state index >= 15 is 0 Å². The molecule has 2 aromatic heterocycles. The van der Waals surface area contributed by atoms with Gasteiger partial charge in [0.25, 0.3) is 0 Å². The number of rotatable bonds is 6.